The van der Waals surface area contributed by atoms with Gasteiger partial charge < -0.3 is 20.1 Å². The Balaban J connectivity index is 1.62. The number of anilines is 2. The van der Waals surface area contributed by atoms with Crippen LogP contribution in [-0.4, -0.2) is 23.7 Å². The molecule has 1 heterocycles. The molecule has 0 aliphatic heterocycles. The summed E-state index contributed by atoms with van der Waals surface area (Å²) in [5, 5.41) is 8.89. The lowest BCUT2D eigenvalue weighted by Crippen LogP contribution is -2.12. The van der Waals surface area contributed by atoms with Crippen LogP contribution < -0.4 is 15.4 Å². The molecule has 6 heteroatoms. The maximum Gasteiger partial charge on any atom is 0.226 e. The molecule has 4 rings (SSSR count). The summed E-state index contributed by atoms with van der Waals surface area (Å²) in [5.74, 6) is 1.73. The lowest BCUT2D eigenvalue weighted by molar-refractivity contribution is 0.226. The summed E-state index contributed by atoms with van der Waals surface area (Å²) < 4.78 is 11.9. The van der Waals surface area contributed by atoms with E-state index in [0.29, 0.717) is 30.7 Å². The number of ether oxygens (including phenoxy) is 2. The van der Waals surface area contributed by atoms with Gasteiger partial charge in [0, 0.05) is 47.6 Å². The Hall–Kier alpha value is -4.42. The summed E-state index contributed by atoms with van der Waals surface area (Å²) in [6.45, 7) is 13.4. The van der Waals surface area contributed by atoms with Gasteiger partial charge in [-0.1, -0.05) is 94.1 Å². The number of methoxy groups -OCH3 is 1. The molecule has 0 amide bonds. The lowest BCUT2D eigenvalue weighted by atomic mass is 9.85. The Bertz CT molecular complexity index is 1520. The summed E-state index contributed by atoms with van der Waals surface area (Å²) in [7, 11) is 1.70. The standard InChI is InChI=1S/C34H38N4O2/c1-7-13-26(34(3,4)5)21-27(23-39-6)37-30-18-19-31(29-17-12-11-16-28(29)30)40-32-20-24(2)36-33(38-32)35-22-25-14-9-8-10-15-25/h7-21,37H,1,22-23H2,2-6H3,(H,35,36,38)/b26-13+,27-21+. The van der Waals surface area contributed by atoms with E-state index in [1.807, 2.05) is 67.6 Å². The van der Waals surface area contributed by atoms with E-state index in [9.17, 15) is 0 Å². The summed E-state index contributed by atoms with van der Waals surface area (Å²) in [6.07, 6.45) is 6.00. The Morgan fingerprint density at radius 3 is 2.38 bits per heavy atom. The summed E-state index contributed by atoms with van der Waals surface area (Å²) in [5.41, 5.74) is 4.99. The van der Waals surface area contributed by atoms with Gasteiger partial charge in [-0.25, -0.2) is 4.98 Å². The van der Waals surface area contributed by atoms with Gasteiger partial charge in [-0.3, -0.25) is 0 Å². The molecule has 0 aliphatic rings. The maximum absolute atomic E-state index is 6.34. The third kappa shape index (κ3) is 7.58. The molecule has 6 nitrogen and oxygen atoms in total. The molecule has 0 saturated heterocycles. The molecule has 0 spiro atoms. The van der Waals surface area contributed by atoms with Gasteiger partial charge in [0.15, 0.2) is 0 Å². The normalized spacial score (nSPS) is 12.3. The van der Waals surface area contributed by atoms with Crippen molar-refractivity contribution in [2.24, 2.45) is 5.41 Å². The lowest BCUT2D eigenvalue weighted by Gasteiger charge is -2.22. The molecule has 2 N–H and O–H groups in total. The van der Waals surface area contributed by atoms with Crippen molar-refractivity contribution >= 4 is 22.4 Å². The van der Waals surface area contributed by atoms with Crippen molar-refractivity contribution in [1.82, 2.24) is 9.97 Å². The average Bonchev–Trinajstić information content (AvgIpc) is 2.93. The van der Waals surface area contributed by atoms with Gasteiger partial charge in [-0.15, -0.1) is 0 Å². The first kappa shape index (κ1) is 28.6. The van der Waals surface area contributed by atoms with Crippen LogP contribution in [0.2, 0.25) is 0 Å². The number of nitrogens with zero attached hydrogens (tertiary/aromatic N) is 2. The molecule has 4 aromatic rings. The minimum atomic E-state index is -0.0426. The summed E-state index contributed by atoms with van der Waals surface area (Å²) >= 11 is 0. The first-order chi connectivity index (χ1) is 19.3. The highest BCUT2D eigenvalue weighted by molar-refractivity contribution is 5.98. The third-order valence-corrected chi connectivity index (χ3v) is 6.31. The number of hydrogen-bond donors (Lipinski definition) is 2. The fourth-order valence-electron chi connectivity index (χ4n) is 4.30. The van der Waals surface area contributed by atoms with Crippen molar-refractivity contribution in [3.05, 3.63) is 120 Å². The van der Waals surface area contributed by atoms with Gasteiger partial charge in [0.2, 0.25) is 11.8 Å². The van der Waals surface area contributed by atoms with E-state index in [1.165, 1.54) is 0 Å². The minimum Gasteiger partial charge on any atom is -0.438 e. The monoisotopic (exact) mass is 534 g/mol. The van der Waals surface area contributed by atoms with E-state index in [-0.39, 0.29) is 5.41 Å². The van der Waals surface area contributed by atoms with Crippen LogP contribution in [0.5, 0.6) is 11.6 Å². The van der Waals surface area contributed by atoms with E-state index < -0.39 is 0 Å². The van der Waals surface area contributed by atoms with Gasteiger partial charge in [0.25, 0.3) is 0 Å². The van der Waals surface area contributed by atoms with Crippen LogP contribution in [0.1, 0.15) is 32.0 Å². The molecule has 0 bridgehead atoms. The first-order valence-electron chi connectivity index (χ1n) is 13.4. The van der Waals surface area contributed by atoms with Crippen LogP contribution in [0.15, 0.2) is 109 Å². The highest BCUT2D eigenvalue weighted by Gasteiger charge is 2.16. The van der Waals surface area contributed by atoms with Gasteiger partial charge in [-0.2, -0.15) is 4.98 Å². The highest BCUT2D eigenvalue weighted by Crippen LogP contribution is 2.35. The van der Waals surface area contributed by atoms with Crippen LogP contribution >= 0.6 is 0 Å². The van der Waals surface area contributed by atoms with Crippen molar-refractivity contribution in [3.8, 4) is 11.6 Å². The number of allylic oxidation sites excluding steroid dienone is 4. The minimum absolute atomic E-state index is 0.0426. The molecule has 0 unspecified atom stereocenters. The van der Waals surface area contributed by atoms with Crippen LogP contribution in [0.4, 0.5) is 11.6 Å². The van der Waals surface area contributed by atoms with E-state index in [1.54, 1.807) is 7.11 Å². The zero-order valence-electron chi connectivity index (χ0n) is 24.0. The maximum atomic E-state index is 6.34. The fourth-order valence-corrected chi connectivity index (χ4v) is 4.30. The molecule has 0 fully saturated rings. The quantitative estimate of drug-likeness (QED) is 0.188. The smallest absolute Gasteiger partial charge is 0.226 e. The molecule has 3 aromatic carbocycles. The number of aryl methyl sites for hydroxylation is 1. The van der Waals surface area contributed by atoms with E-state index >= 15 is 0 Å². The summed E-state index contributed by atoms with van der Waals surface area (Å²) in [6, 6.07) is 24.2. The largest absolute Gasteiger partial charge is 0.438 e. The number of hydrogen-bond acceptors (Lipinski definition) is 6. The molecular formula is C34H38N4O2. The summed E-state index contributed by atoms with van der Waals surface area (Å²) in [4.78, 5) is 9.15. The van der Waals surface area contributed by atoms with Crippen molar-refractivity contribution in [2.75, 3.05) is 24.4 Å². The van der Waals surface area contributed by atoms with Crippen LogP contribution in [0.3, 0.4) is 0 Å². The van der Waals surface area contributed by atoms with E-state index in [0.717, 1.165) is 39.0 Å². The predicted molar refractivity (Wildman–Crippen MR) is 166 cm³/mol. The topological polar surface area (TPSA) is 68.3 Å². The van der Waals surface area contributed by atoms with Gasteiger partial charge >= 0.3 is 0 Å². The second-order valence-corrected chi connectivity index (χ2v) is 10.6. The Morgan fingerprint density at radius 1 is 0.950 bits per heavy atom. The number of aromatic nitrogens is 2. The zero-order valence-corrected chi connectivity index (χ0v) is 24.0. The number of benzene rings is 3. The molecule has 0 atom stereocenters. The van der Waals surface area contributed by atoms with Gasteiger partial charge in [0.05, 0.1) is 6.61 Å². The number of fused-ring (bicyclic) bond motifs is 1. The van der Waals surface area contributed by atoms with Gasteiger partial charge in [0.1, 0.15) is 5.75 Å². The van der Waals surface area contributed by atoms with E-state index in [4.69, 9.17) is 9.47 Å². The fraction of sp³-hybridized carbons (Fsp3) is 0.235. The molecular weight excluding hydrogens is 496 g/mol. The van der Waals surface area contributed by atoms with Crippen molar-refractivity contribution in [2.45, 2.75) is 34.2 Å². The molecule has 1 aromatic heterocycles. The van der Waals surface area contributed by atoms with Crippen LogP contribution in [0.25, 0.3) is 10.8 Å². The molecule has 40 heavy (non-hydrogen) atoms. The molecule has 0 aliphatic carbocycles. The SMILES string of the molecule is C=C/C=C(\C=C(/COC)Nc1ccc(Oc2cc(C)nc(NCc3ccccc3)n2)c2ccccc12)C(C)(C)C. The van der Waals surface area contributed by atoms with Crippen LogP contribution in [0, 0.1) is 12.3 Å². The Kier molecular flexibility index (Phi) is 9.35. The van der Waals surface area contributed by atoms with Gasteiger partial charge in [-0.05, 0) is 41.7 Å². The molecule has 0 saturated carbocycles. The Morgan fingerprint density at radius 2 is 1.68 bits per heavy atom. The molecule has 206 valence electrons. The predicted octanol–water partition coefficient (Wildman–Crippen LogP) is 8.44. The van der Waals surface area contributed by atoms with Crippen molar-refractivity contribution in [1.29, 1.82) is 0 Å². The second kappa shape index (κ2) is 13.1. The van der Waals surface area contributed by atoms with Crippen LogP contribution in [-0.2, 0) is 11.3 Å². The second-order valence-electron chi connectivity index (χ2n) is 10.6. The first-order valence-corrected chi connectivity index (χ1v) is 13.4. The number of rotatable bonds is 11. The third-order valence-electron chi connectivity index (χ3n) is 6.31. The Labute approximate surface area is 237 Å². The molecule has 0 radical (unpaired) electrons. The van der Waals surface area contributed by atoms with Crippen molar-refractivity contribution in [3.63, 3.8) is 0 Å². The number of nitrogens with one attached hydrogen (secondary N) is 2. The highest BCUT2D eigenvalue weighted by atomic mass is 16.5. The van der Waals surface area contributed by atoms with E-state index in [2.05, 4.69) is 78.3 Å². The average molecular weight is 535 g/mol. The zero-order chi connectivity index (χ0) is 28.5. The van der Waals surface area contributed by atoms with Crippen molar-refractivity contribution < 1.29 is 9.47 Å².